The molecular weight excluding hydrogens is 475 g/mol. The fraction of sp³-hybridized carbons (Fsp3) is 0.333. The third kappa shape index (κ3) is 5.32. The summed E-state index contributed by atoms with van der Waals surface area (Å²) in [5, 5.41) is 5.48. The van der Waals surface area contributed by atoms with E-state index in [2.05, 4.69) is 9.97 Å². The van der Waals surface area contributed by atoms with Crippen molar-refractivity contribution in [3.8, 4) is 22.8 Å². The van der Waals surface area contributed by atoms with Crippen LogP contribution in [0.25, 0.3) is 22.3 Å². The number of carbonyl (C=O) groups excluding carboxylic acids is 1. The van der Waals surface area contributed by atoms with E-state index in [0.717, 1.165) is 18.4 Å². The maximum atomic E-state index is 13.5. The first-order valence-electron chi connectivity index (χ1n) is 12.2. The van der Waals surface area contributed by atoms with Gasteiger partial charge in [-0.05, 0) is 70.0 Å². The molecule has 0 radical (unpaired) electrons. The lowest BCUT2D eigenvalue weighted by Crippen LogP contribution is -2.41. The van der Waals surface area contributed by atoms with Crippen molar-refractivity contribution in [2.24, 2.45) is 0 Å². The van der Waals surface area contributed by atoms with Gasteiger partial charge in [-0.2, -0.15) is 5.10 Å². The molecule has 1 atom stereocenters. The predicted molar refractivity (Wildman–Crippen MR) is 138 cm³/mol. The summed E-state index contributed by atoms with van der Waals surface area (Å²) in [6.45, 7) is 6.66. The van der Waals surface area contributed by atoms with Gasteiger partial charge < -0.3 is 20.1 Å². The van der Waals surface area contributed by atoms with E-state index in [1.807, 2.05) is 32.9 Å². The Morgan fingerprint density at radius 2 is 1.92 bits per heavy atom. The number of fused-ring (bicyclic) bond motifs is 1. The molecule has 2 aromatic carbocycles. The molecule has 9 nitrogen and oxygen atoms in total. The quantitative estimate of drug-likeness (QED) is 0.387. The first-order chi connectivity index (χ1) is 17.7. The third-order valence-electron chi connectivity index (χ3n) is 6.11. The zero-order valence-corrected chi connectivity index (χ0v) is 21.0. The van der Waals surface area contributed by atoms with Crippen molar-refractivity contribution >= 4 is 22.9 Å². The van der Waals surface area contributed by atoms with Gasteiger partial charge in [-0.25, -0.2) is 23.8 Å². The van der Waals surface area contributed by atoms with E-state index in [-0.39, 0.29) is 18.0 Å². The number of hydrogen-bond acceptors (Lipinski definition) is 7. The molecule has 2 aromatic heterocycles. The monoisotopic (exact) mass is 504 g/mol. The molecule has 0 bridgehead atoms. The molecule has 0 unspecified atom stereocenters. The first kappa shape index (κ1) is 24.5. The first-order valence-corrected chi connectivity index (χ1v) is 12.2. The Morgan fingerprint density at radius 1 is 1.14 bits per heavy atom. The number of halogens is 1. The number of anilines is 1. The number of carbonyl (C=O) groups is 1. The third-order valence-corrected chi connectivity index (χ3v) is 6.11. The van der Waals surface area contributed by atoms with E-state index in [0.29, 0.717) is 47.1 Å². The van der Waals surface area contributed by atoms with Crippen LogP contribution in [0.3, 0.4) is 0 Å². The topological polar surface area (TPSA) is 108 Å². The zero-order valence-electron chi connectivity index (χ0n) is 21.0. The highest BCUT2D eigenvalue weighted by molar-refractivity contribution is 5.98. The van der Waals surface area contributed by atoms with Crippen molar-refractivity contribution in [3.05, 3.63) is 60.7 Å². The molecule has 0 spiro atoms. The number of hydrogen-bond donors (Lipinski definition) is 1. The van der Waals surface area contributed by atoms with E-state index in [1.54, 1.807) is 33.8 Å². The molecule has 10 heteroatoms. The Hall–Kier alpha value is -4.21. The van der Waals surface area contributed by atoms with E-state index in [4.69, 9.17) is 20.3 Å². The van der Waals surface area contributed by atoms with Crippen LogP contribution in [0.4, 0.5) is 15.0 Å². The molecule has 1 saturated heterocycles. The largest absolute Gasteiger partial charge is 0.457 e. The normalized spacial score (nSPS) is 15.8. The van der Waals surface area contributed by atoms with Crippen LogP contribution >= 0.6 is 0 Å². The van der Waals surface area contributed by atoms with Gasteiger partial charge in [0.2, 0.25) is 0 Å². The predicted octanol–water partition coefficient (Wildman–Crippen LogP) is 5.41. The van der Waals surface area contributed by atoms with Gasteiger partial charge in [-0.3, -0.25) is 0 Å². The van der Waals surface area contributed by atoms with Crippen LogP contribution in [0, 0.1) is 5.82 Å². The zero-order chi connectivity index (χ0) is 26.2. The van der Waals surface area contributed by atoms with Gasteiger partial charge in [0.1, 0.15) is 40.8 Å². The molecule has 5 rings (SSSR count). The van der Waals surface area contributed by atoms with E-state index < -0.39 is 5.60 Å². The smallest absolute Gasteiger partial charge is 0.410 e. The lowest BCUT2D eigenvalue weighted by molar-refractivity contribution is 0.0212. The van der Waals surface area contributed by atoms with Crippen LogP contribution in [0.1, 0.15) is 33.6 Å². The number of rotatable bonds is 5. The van der Waals surface area contributed by atoms with Gasteiger partial charge in [0.15, 0.2) is 5.65 Å². The minimum absolute atomic E-state index is 0.0796. The molecule has 1 aliphatic heterocycles. The summed E-state index contributed by atoms with van der Waals surface area (Å²) in [7, 11) is 0. The minimum atomic E-state index is -0.567. The highest BCUT2D eigenvalue weighted by atomic mass is 19.1. The summed E-state index contributed by atoms with van der Waals surface area (Å²) in [5.74, 6) is 0.920. The lowest BCUT2D eigenvalue weighted by Gasteiger charge is -2.28. The van der Waals surface area contributed by atoms with Crippen LogP contribution in [-0.2, 0) is 11.3 Å². The second kappa shape index (κ2) is 9.68. The maximum Gasteiger partial charge on any atom is 0.410 e. The van der Waals surface area contributed by atoms with Gasteiger partial charge in [-0.1, -0.05) is 6.07 Å². The molecule has 37 heavy (non-hydrogen) atoms. The van der Waals surface area contributed by atoms with E-state index >= 15 is 0 Å². The molecule has 1 amide bonds. The SMILES string of the molecule is CC(C)(C)OC(=O)N1CCC[C@@H]1Cn1nc(-c2ccc(Oc3cccc(F)c3)cc2)c2c(N)ncnc21. The Labute approximate surface area is 214 Å². The number of likely N-dealkylation sites (tertiary alicyclic amines) is 1. The number of aromatic nitrogens is 4. The summed E-state index contributed by atoms with van der Waals surface area (Å²) < 4.78 is 26.6. The van der Waals surface area contributed by atoms with Crippen molar-refractivity contribution in [1.29, 1.82) is 0 Å². The van der Waals surface area contributed by atoms with Crippen molar-refractivity contribution < 1.29 is 18.7 Å². The average molecular weight is 505 g/mol. The number of benzene rings is 2. The highest BCUT2D eigenvalue weighted by Crippen LogP contribution is 2.33. The van der Waals surface area contributed by atoms with Crippen molar-refractivity contribution in [2.45, 2.75) is 51.8 Å². The summed E-state index contributed by atoms with van der Waals surface area (Å²) in [6, 6.07) is 13.2. The number of nitrogen functional groups attached to an aromatic ring is 1. The Balaban J connectivity index is 1.43. The van der Waals surface area contributed by atoms with Crippen LogP contribution in [-0.4, -0.2) is 48.9 Å². The van der Waals surface area contributed by atoms with Gasteiger partial charge in [0, 0.05) is 18.2 Å². The fourth-order valence-electron chi connectivity index (χ4n) is 4.49. The molecule has 0 saturated carbocycles. The van der Waals surface area contributed by atoms with Gasteiger partial charge in [-0.15, -0.1) is 0 Å². The summed E-state index contributed by atoms with van der Waals surface area (Å²) in [6.07, 6.45) is 2.81. The summed E-state index contributed by atoms with van der Waals surface area (Å²) >= 11 is 0. The van der Waals surface area contributed by atoms with Crippen molar-refractivity contribution in [3.63, 3.8) is 0 Å². The summed E-state index contributed by atoms with van der Waals surface area (Å²) in [5.41, 5.74) is 7.72. The molecule has 1 aliphatic rings. The Bertz CT molecular complexity index is 1430. The minimum Gasteiger partial charge on any atom is -0.457 e. The van der Waals surface area contributed by atoms with E-state index in [9.17, 15) is 9.18 Å². The summed E-state index contributed by atoms with van der Waals surface area (Å²) in [4.78, 5) is 23.2. The lowest BCUT2D eigenvalue weighted by atomic mass is 10.1. The maximum absolute atomic E-state index is 13.5. The standard InChI is InChI=1S/C27H29FN6O3/c1-27(2,3)37-26(35)33-13-5-7-19(33)15-34-25-22(24(29)30-16-31-25)23(32-34)17-9-11-20(12-10-17)36-21-8-4-6-18(28)14-21/h4,6,8-12,14,16,19H,5,7,13,15H2,1-3H3,(H2,29,30,31)/t19-/m1/s1. The molecule has 0 aliphatic carbocycles. The Morgan fingerprint density at radius 3 is 2.65 bits per heavy atom. The molecule has 4 aromatic rings. The fourth-order valence-corrected chi connectivity index (χ4v) is 4.49. The van der Waals surface area contributed by atoms with Crippen LogP contribution in [0.5, 0.6) is 11.5 Å². The van der Waals surface area contributed by atoms with Gasteiger partial charge in [0.25, 0.3) is 0 Å². The second-order valence-electron chi connectivity index (χ2n) is 10.0. The number of nitrogens with two attached hydrogens (primary N) is 1. The van der Waals surface area contributed by atoms with Crippen LogP contribution in [0.2, 0.25) is 0 Å². The molecular formula is C27H29FN6O3. The highest BCUT2D eigenvalue weighted by Gasteiger charge is 2.33. The van der Waals surface area contributed by atoms with Crippen molar-refractivity contribution in [1.82, 2.24) is 24.6 Å². The second-order valence-corrected chi connectivity index (χ2v) is 10.0. The number of ether oxygens (including phenoxy) is 2. The number of nitrogens with zero attached hydrogens (tertiary/aromatic N) is 5. The van der Waals surface area contributed by atoms with Gasteiger partial charge in [0.05, 0.1) is 18.0 Å². The van der Waals surface area contributed by atoms with Gasteiger partial charge >= 0.3 is 6.09 Å². The van der Waals surface area contributed by atoms with Crippen molar-refractivity contribution in [2.75, 3.05) is 12.3 Å². The van der Waals surface area contributed by atoms with Crippen LogP contribution < -0.4 is 10.5 Å². The van der Waals surface area contributed by atoms with E-state index in [1.165, 1.54) is 18.5 Å². The Kier molecular flexibility index (Phi) is 6.41. The molecule has 1 fully saturated rings. The molecule has 192 valence electrons. The number of amides is 1. The average Bonchev–Trinajstić information content (AvgIpc) is 3.45. The molecule has 3 heterocycles. The van der Waals surface area contributed by atoms with Crippen LogP contribution in [0.15, 0.2) is 54.9 Å². The molecule has 2 N–H and O–H groups in total.